The molecule has 20 heavy (non-hydrogen) atoms. The van der Waals surface area contributed by atoms with Crippen molar-refractivity contribution in [1.29, 1.82) is 0 Å². The maximum Gasteiger partial charge on any atom is 0.238 e. The number of amides is 1. The third-order valence-corrected chi connectivity index (χ3v) is 4.83. The first-order valence-electron chi connectivity index (χ1n) is 5.96. The number of nitrogens with one attached hydrogen (secondary N) is 1. The fraction of sp³-hybridized carbons (Fsp3) is 0.417. The van der Waals surface area contributed by atoms with Crippen LogP contribution < -0.4 is 5.32 Å². The Balaban J connectivity index is 0.00000200. The van der Waals surface area contributed by atoms with Gasteiger partial charge in [0.05, 0.1) is 4.90 Å². The number of hydrogen-bond donors (Lipinski definition) is 1. The van der Waals surface area contributed by atoms with Crippen LogP contribution in [0.3, 0.4) is 0 Å². The molecule has 0 bridgehead atoms. The second kappa shape index (κ2) is 7.26. The van der Waals surface area contributed by atoms with Gasteiger partial charge in [0.25, 0.3) is 0 Å². The lowest BCUT2D eigenvalue weighted by atomic mass is 10.3. The molecule has 1 aromatic carbocycles. The van der Waals surface area contributed by atoms with E-state index in [0.717, 1.165) is 0 Å². The molecule has 1 saturated heterocycles. The van der Waals surface area contributed by atoms with Gasteiger partial charge in [-0.1, -0.05) is 11.6 Å². The first kappa shape index (κ1) is 17.2. The molecule has 1 fully saturated rings. The first-order chi connectivity index (χ1) is 8.99. The highest BCUT2D eigenvalue weighted by Crippen LogP contribution is 2.16. The van der Waals surface area contributed by atoms with E-state index in [1.54, 1.807) is 4.90 Å². The van der Waals surface area contributed by atoms with Gasteiger partial charge in [-0.05, 0) is 24.3 Å². The molecule has 8 heteroatoms. The lowest BCUT2D eigenvalue weighted by Crippen LogP contribution is -2.48. The zero-order valence-electron chi connectivity index (χ0n) is 10.7. The summed E-state index contributed by atoms with van der Waals surface area (Å²) in [5.74, 6) is -0.842. The largest absolute Gasteiger partial charge is 0.339 e. The predicted octanol–water partition coefficient (Wildman–Crippen LogP) is 0.967. The van der Waals surface area contributed by atoms with Crippen LogP contribution in [0.25, 0.3) is 0 Å². The summed E-state index contributed by atoms with van der Waals surface area (Å²) in [6, 6.07) is 5.85. The van der Waals surface area contributed by atoms with Crippen LogP contribution in [-0.2, 0) is 14.6 Å². The van der Waals surface area contributed by atoms with E-state index in [1.807, 2.05) is 0 Å². The van der Waals surface area contributed by atoms with Crippen LogP contribution in [0.15, 0.2) is 29.2 Å². The van der Waals surface area contributed by atoms with Crippen LogP contribution >= 0.6 is 24.0 Å². The van der Waals surface area contributed by atoms with E-state index in [4.69, 9.17) is 11.6 Å². The third-order valence-electron chi connectivity index (χ3n) is 2.96. The summed E-state index contributed by atoms with van der Waals surface area (Å²) in [6.45, 7) is 2.50. The van der Waals surface area contributed by atoms with Gasteiger partial charge in [0, 0.05) is 31.2 Å². The molecule has 1 heterocycles. The van der Waals surface area contributed by atoms with Crippen molar-refractivity contribution in [3.8, 4) is 0 Å². The molecule has 112 valence electrons. The first-order valence-corrected chi connectivity index (χ1v) is 7.99. The zero-order chi connectivity index (χ0) is 13.9. The number of nitrogens with zero attached hydrogens (tertiary/aromatic N) is 1. The van der Waals surface area contributed by atoms with Crippen molar-refractivity contribution in [1.82, 2.24) is 10.2 Å². The van der Waals surface area contributed by atoms with Crippen LogP contribution in [0.1, 0.15) is 0 Å². The fourth-order valence-electron chi connectivity index (χ4n) is 1.89. The van der Waals surface area contributed by atoms with Gasteiger partial charge in [-0.25, -0.2) is 8.42 Å². The minimum atomic E-state index is -3.60. The van der Waals surface area contributed by atoms with Crippen LogP contribution in [0, 0.1) is 0 Å². The van der Waals surface area contributed by atoms with Gasteiger partial charge in [0.2, 0.25) is 5.91 Å². The van der Waals surface area contributed by atoms with Crippen molar-refractivity contribution in [3.05, 3.63) is 29.3 Å². The average molecular weight is 339 g/mol. The highest BCUT2D eigenvalue weighted by atomic mass is 35.5. The fourth-order valence-corrected chi connectivity index (χ4v) is 3.24. The second-order valence-electron chi connectivity index (χ2n) is 4.34. The Labute approximate surface area is 129 Å². The highest BCUT2D eigenvalue weighted by molar-refractivity contribution is 7.92. The molecule has 1 amide bonds. The standard InChI is InChI=1S/C12H15ClN2O3S.ClH/c13-10-1-3-11(4-2-10)19(17,18)9-12(16)15-7-5-14-6-8-15;/h1-4,14H,5-9H2;1H. The molecule has 0 atom stereocenters. The normalized spacial score (nSPS) is 15.6. The molecule has 1 aliphatic rings. The Morgan fingerprint density at radius 1 is 1.20 bits per heavy atom. The number of carbonyl (C=O) groups excluding carboxylic acids is 1. The van der Waals surface area contributed by atoms with E-state index in [2.05, 4.69) is 5.32 Å². The smallest absolute Gasteiger partial charge is 0.238 e. The Kier molecular flexibility index (Phi) is 6.26. The van der Waals surface area contributed by atoms with Crippen molar-refractivity contribution < 1.29 is 13.2 Å². The minimum absolute atomic E-state index is 0. The van der Waals surface area contributed by atoms with Crippen LogP contribution in [0.5, 0.6) is 0 Å². The summed E-state index contributed by atoms with van der Waals surface area (Å²) < 4.78 is 24.2. The second-order valence-corrected chi connectivity index (χ2v) is 6.77. The van der Waals surface area contributed by atoms with E-state index in [1.165, 1.54) is 24.3 Å². The van der Waals surface area contributed by atoms with Gasteiger partial charge in [0.1, 0.15) is 5.75 Å². The zero-order valence-corrected chi connectivity index (χ0v) is 13.1. The van der Waals surface area contributed by atoms with Crippen molar-refractivity contribution in [2.45, 2.75) is 4.90 Å². The van der Waals surface area contributed by atoms with Crippen molar-refractivity contribution in [2.75, 3.05) is 31.9 Å². The van der Waals surface area contributed by atoms with E-state index in [0.29, 0.717) is 31.2 Å². The van der Waals surface area contributed by atoms with Crippen LogP contribution in [0.2, 0.25) is 5.02 Å². The third kappa shape index (κ3) is 4.34. The molecule has 1 aromatic rings. The monoisotopic (exact) mass is 338 g/mol. The molecule has 0 radical (unpaired) electrons. The Morgan fingerprint density at radius 3 is 2.30 bits per heavy atom. The maximum atomic E-state index is 12.1. The average Bonchev–Trinajstić information content (AvgIpc) is 2.40. The maximum absolute atomic E-state index is 12.1. The number of sulfone groups is 1. The summed E-state index contributed by atoms with van der Waals surface area (Å²) >= 11 is 5.71. The molecule has 0 spiro atoms. The number of halogens is 2. The lowest BCUT2D eigenvalue weighted by Gasteiger charge is -2.27. The Morgan fingerprint density at radius 2 is 1.75 bits per heavy atom. The van der Waals surface area contributed by atoms with Gasteiger partial charge >= 0.3 is 0 Å². The lowest BCUT2D eigenvalue weighted by molar-refractivity contribution is -0.128. The summed E-state index contributed by atoms with van der Waals surface area (Å²) in [6.07, 6.45) is 0. The van der Waals surface area contributed by atoms with Crippen LogP contribution in [-0.4, -0.2) is 51.2 Å². The minimum Gasteiger partial charge on any atom is -0.339 e. The summed E-state index contributed by atoms with van der Waals surface area (Å²) in [7, 11) is -3.60. The molecule has 2 rings (SSSR count). The number of benzene rings is 1. The van der Waals surface area contributed by atoms with Gasteiger partial charge in [-0.3, -0.25) is 4.79 Å². The van der Waals surface area contributed by atoms with E-state index < -0.39 is 15.6 Å². The number of carbonyl (C=O) groups is 1. The van der Waals surface area contributed by atoms with E-state index >= 15 is 0 Å². The van der Waals surface area contributed by atoms with Crippen molar-refractivity contribution >= 4 is 39.8 Å². The Bertz CT molecular complexity index is 555. The molecule has 1 aliphatic heterocycles. The van der Waals surface area contributed by atoms with E-state index in [-0.39, 0.29) is 23.2 Å². The molecule has 0 unspecified atom stereocenters. The number of hydrogen-bond acceptors (Lipinski definition) is 4. The highest BCUT2D eigenvalue weighted by Gasteiger charge is 2.24. The van der Waals surface area contributed by atoms with Crippen molar-refractivity contribution in [2.24, 2.45) is 0 Å². The number of piperazine rings is 1. The van der Waals surface area contributed by atoms with Gasteiger partial charge in [-0.15, -0.1) is 12.4 Å². The SMILES string of the molecule is Cl.O=C(CS(=O)(=O)c1ccc(Cl)cc1)N1CCNCC1. The van der Waals surface area contributed by atoms with Gasteiger partial charge in [0.15, 0.2) is 9.84 Å². The quantitative estimate of drug-likeness (QED) is 0.891. The van der Waals surface area contributed by atoms with Crippen LogP contribution in [0.4, 0.5) is 0 Å². The molecule has 0 aliphatic carbocycles. The van der Waals surface area contributed by atoms with E-state index in [9.17, 15) is 13.2 Å². The van der Waals surface area contributed by atoms with Gasteiger partial charge < -0.3 is 10.2 Å². The van der Waals surface area contributed by atoms with Crippen molar-refractivity contribution in [3.63, 3.8) is 0 Å². The topological polar surface area (TPSA) is 66.5 Å². The molecular formula is C12H16Cl2N2O3S. The molecule has 0 saturated carbocycles. The summed E-state index contributed by atoms with van der Waals surface area (Å²) in [5.41, 5.74) is 0. The molecular weight excluding hydrogens is 323 g/mol. The molecule has 0 aromatic heterocycles. The molecule has 1 N–H and O–H groups in total. The summed E-state index contributed by atoms with van der Waals surface area (Å²) in [5, 5.41) is 3.58. The predicted molar refractivity (Wildman–Crippen MR) is 80.2 cm³/mol. The molecule has 5 nitrogen and oxygen atoms in total. The Hall–Kier alpha value is -0.820. The summed E-state index contributed by atoms with van der Waals surface area (Å²) in [4.78, 5) is 13.6. The number of rotatable bonds is 3. The van der Waals surface area contributed by atoms with Gasteiger partial charge in [-0.2, -0.15) is 0 Å².